The molecule has 1 N–H and O–H groups in total. The molecule has 2 aliphatic rings. The molecule has 2 atom stereocenters. The van der Waals surface area contributed by atoms with Crippen LogP contribution in [-0.2, 0) is 0 Å². The summed E-state index contributed by atoms with van der Waals surface area (Å²) < 4.78 is 6.20. The molecule has 1 aromatic heterocycles. The van der Waals surface area contributed by atoms with Crippen LogP contribution in [0.4, 0.5) is 0 Å². The normalized spacial score (nSPS) is 24.1. The Morgan fingerprint density at radius 1 is 1.23 bits per heavy atom. The van der Waals surface area contributed by atoms with Crippen LogP contribution in [0.15, 0.2) is 24.3 Å². The smallest absolute Gasteiger partial charge is 0.270 e. The van der Waals surface area contributed by atoms with E-state index >= 15 is 0 Å². The Balaban J connectivity index is 1.48. The molecule has 3 heterocycles. The van der Waals surface area contributed by atoms with Gasteiger partial charge in [-0.3, -0.25) is 9.69 Å². The van der Waals surface area contributed by atoms with Crippen molar-refractivity contribution in [1.82, 2.24) is 14.8 Å². The maximum Gasteiger partial charge on any atom is 0.270 e. The number of aromatic nitrogens is 1. The lowest BCUT2D eigenvalue weighted by atomic mass is 10.2. The topological polar surface area (TPSA) is 48.6 Å². The summed E-state index contributed by atoms with van der Waals surface area (Å²) in [5.74, 6) is 0.998. The quantitative estimate of drug-likeness (QED) is 0.911. The molecule has 0 radical (unpaired) electrons. The van der Waals surface area contributed by atoms with Crippen LogP contribution in [0.1, 0.15) is 50.5 Å². The van der Waals surface area contributed by atoms with E-state index < -0.39 is 0 Å². The zero-order chi connectivity index (χ0) is 18.3. The Hall–Kier alpha value is -2.01. The van der Waals surface area contributed by atoms with Gasteiger partial charge in [0, 0.05) is 42.6 Å². The van der Waals surface area contributed by atoms with Crippen molar-refractivity contribution < 1.29 is 9.53 Å². The van der Waals surface area contributed by atoms with Gasteiger partial charge in [0.2, 0.25) is 0 Å². The van der Waals surface area contributed by atoms with Gasteiger partial charge in [-0.05, 0) is 64.3 Å². The molecular weight excluding hydrogens is 326 g/mol. The number of hydrogen-bond acceptors (Lipinski definition) is 3. The van der Waals surface area contributed by atoms with Gasteiger partial charge >= 0.3 is 0 Å². The van der Waals surface area contributed by atoms with Crippen molar-refractivity contribution in [3.05, 3.63) is 30.0 Å². The predicted molar refractivity (Wildman–Crippen MR) is 104 cm³/mol. The maximum absolute atomic E-state index is 12.7. The number of nitrogens with zero attached hydrogens (tertiary/aromatic N) is 2. The van der Waals surface area contributed by atoms with E-state index in [1.807, 2.05) is 29.2 Å². The van der Waals surface area contributed by atoms with Crippen molar-refractivity contribution in [2.45, 2.75) is 58.2 Å². The SMILES string of the molecule is CC(C)N1CCC(Oc2ccc3[nH]c(C(=O)N4CCCC4C)cc3c2)C1. The van der Waals surface area contributed by atoms with Crippen LogP contribution in [-0.4, -0.2) is 58.5 Å². The number of amides is 1. The molecule has 0 spiro atoms. The number of fused-ring (bicyclic) bond motifs is 1. The van der Waals surface area contributed by atoms with E-state index in [9.17, 15) is 4.79 Å². The Morgan fingerprint density at radius 2 is 2.08 bits per heavy atom. The van der Waals surface area contributed by atoms with Gasteiger partial charge in [-0.1, -0.05) is 0 Å². The van der Waals surface area contributed by atoms with Crippen LogP contribution in [0.5, 0.6) is 5.75 Å². The van der Waals surface area contributed by atoms with Gasteiger partial charge in [0.1, 0.15) is 17.5 Å². The first-order chi connectivity index (χ1) is 12.5. The summed E-state index contributed by atoms with van der Waals surface area (Å²) in [5, 5.41) is 1.04. The highest BCUT2D eigenvalue weighted by Gasteiger charge is 2.27. The molecule has 2 unspecified atom stereocenters. The summed E-state index contributed by atoms with van der Waals surface area (Å²) in [6, 6.07) is 8.93. The summed E-state index contributed by atoms with van der Waals surface area (Å²) >= 11 is 0. The van der Waals surface area contributed by atoms with Gasteiger partial charge in [0.15, 0.2) is 0 Å². The summed E-state index contributed by atoms with van der Waals surface area (Å²) in [4.78, 5) is 20.5. The number of benzene rings is 1. The van der Waals surface area contributed by atoms with E-state index in [0.29, 0.717) is 17.8 Å². The molecule has 2 fully saturated rings. The fourth-order valence-corrected chi connectivity index (χ4v) is 4.20. The lowest BCUT2D eigenvalue weighted by molar-refractivity contribution is 0.0742. The van der Waals surface area contributed by atoms with Gasteiger partial charge < -0.3 is 14.6 Å². The largest absolute Gasteiger partial charge is 0.489 e. The predicted octanol–water partition coefficient (Wildman–Crippen LogP) is 3.65. The molecule has 26 heavy (non-hydrogen) atoms. The molecule has 0 saturated carbocycles. The monoisotopic (exact) mass is 355 g/mol. The fourth-order valence-electron chi connectivity index (χ4n) is 4.20. The zero-order valence-corrected chi connectivity index (χ0v) is 16.0. The molecule has 2 aromatic rings. The minimum absolute atomic E-state index is 0.108. The van der Waals surface area contributed by atoms with Crippen LogP contribution in [0.3, 0.4) is 0 Å². The lowest BCUT2D eigenvalue weighted by Crippen LogP contribution is -2.33. The summed E-state index contributed by atoms with van der Waals surface area (Å²) in [7, 11) is 0. The maximum atomic E-state index is 12.7. The second-order valence-electron chi connectivity index (χ2n) is 8.04. The van der Waals surface area contributed by atoms with Gasteiger partial charge in [0.05, 0.1) is 0 Å². The number of hydrogen-bond donors (Lipinski definition) is 1. The second kappa shape index (κ2) is 6.95. The molecule has 0 aliphatic carbocycles. The molecule has 140 valence electrons. The number of H-pyrrole nitrogens is 1. The van der Waals surface area contributed by atoms with E-state index in [1.54, 1.807) is 0 Å². The first kappa shape index (κ1) is 17.4. The second-order valence-corrected chi connectivity index (χ2v) is 8.04. The zero-order valence-electron chi connectivity index (χ0n) is 16.0. The lowest BCUT2D eigenvalue weighted by Gasteiger charge is -2.20. The Morgan fingerprint density at radius 3 is 2.77 bits per heavy atom. The Labute approximate surface area is 155 Å². The molecule has 1 aromatic carbocycles. The van der Waals surface area contributed by atoms with Crippen molar-refractivity contribution in [3.8, 4) is 5.75 Å². The van der Waals surface area contributed by atoms with Crippen molar-refractivity contribution in [2.75, 3.05) is 19.6 Å². The highest BCUT2D eigenvalue weighted by molar-refractivity contribution is 5.98. The van der Waals surface area contributed by atoms with Crippen LogP contribution >= 0.6 is 0 Å². The first-order valence-electron chi connectivity index (χ1n) is 9.85. The average molecular weight is 355 g/mol. The molecule has 5 nitrogen and oxygen atoms in total. The third kappa shape index (κ3) is 3.32. The van der Waals surface area contributed by atoms with Crippen LogP contribution in [0.2, 0.25) is 0 Å². The number of carbonyl (C=O) groups excluding carboxylic acids is 1. The van der Waals surface area contributed by atoms with E-state index in [1.165, 1.54) is 0 Å². The number of rotatable bonds is 4. The molecule has 4 rings (SSSR count). The van der Waals surface area contributed by atoms with E-state index in [-0.39, 0.29) is 12.0 Å². The molecular formula is C21H29N3O2. The van der Waals surface area contributed by atoms with Crippen LogP contribution in [0, 0.1) is 0 Å². The minimum atomic E-state index is 0.108. The molecule has 5 heteroatoms. The molecule has 0 bridgehead atoms. The first-order valence-corrected chi connectivity index (χ1v) is 9.85. The minimum Gasteiger partial charge on any atom is -0.489 e. The van der Waals surface area contributed by atoms with E-state index in [0.717, 1.165) is 55.5 Å². The fraction of sp³-hybridized carbons (Fsp3) is 0.571. The van der Waals surface area contributed by atoms with Crippen LogP contribution < -0.4 is 4.74 Å². The molecule has 2 saturated heterocycles. The van der Waals surface area contributed by atoms with Gasteiger partial charge in [-0.25, -0.2) is 0 Å². The highest BCUT2D eigenvalue weighted by atomic mass is 16.5. The molecule has 1 amide bonds. The summed E-state index contributed by atoms with van der Waals surface area (Å²) in [6.07, 6.45) is 3.51. The van der Waals surface area contributed by atoms with Crippen molar-refractivity contribution in [1.29, 1.82) is 0 Å². The Kier molecular flexibility index (Phi) is 4.65. The number of likely N-dealkylation sites (tertiary alicyclic amines) is 2. The standard InChI is InChI=1S/C21H29N3O2/c1-14(2)23-10-8-18(13-23)26-17-6-7-19-16(11-17)12-20(22-19)21(25)24-9-4-5-15(24)3/h6-7,11-12,14-15,18,22H,4-5,8-10,13H2,1-3H3. The van der Waals surface area contributed by atoms with Gasteiger partial charge in [0.25, 0.3) is 5.91 Å². The van der Waals surface area contributed by atoms with Gasteiger partial charge in [-0.15, -0.1) is 0 Å². The van der Waals surface area contributed by atoms with Crippen molar-refractivity contribution in [3.63, 3.8) is 0 Å². The Bertz CT molecular complexity index is 798. The van der Waals surface area contributed by atoms with Crippen molar-refractivity contribution >= 4 is 16.8 Å². The van der Waals surface area contributed by atoms with E-state index in [4.69, 9.17) is 4.74 Å². The van der Waals surface area contributed by atoms with Crippen LogP contribution in [0.25, 0.3) is 10.9 Å². The summed E-state index contributed by atoms with van der Waals surface area (Å²) in [6.45, 7) is 9.53. The van der Waals surface area contributed by atoms with Crippen molar-refractivity contribution in [2.24, 2.45) is 0 Å². The summed E-state index contributed by atoms with van der Waals surface area (Å²) in [5.41, 5.74) is 1.67. The third-order valence-electron chi connectivity index (χ3n) is 5.85. The third-order valence-corrected chi connectivity index (χ3v) is 5.85. The number of aromatic amines is 1. The average Bonchev–Trinajstić information content (AvgIpc) is 3.33. The highest BCUT2D eigenvalue weighted by Crippen LogP contribution is 2.26. The number of ether oxygens (including phenoxy) is 1. The number of nitrogens with one attached hydrogen (secondary N) is 1. The van der Waals surface area contributed by atoms with E-state index in [2.05, 4.69) is 30.7 Å². The molecule has 2 aliphatic heterocycles. The number of carbonyl (C=O) groups is 1. The van der Waals surface area contributed by atoms with Gasteiger partial charge in [-0.2, -0.15) is 0 Å².